The van der Waals surface area contributed by atoms with Gasteiger partial charge < -0.3 is 15.2 Å². The van der Waals surface area contributed by atoms with Crippen LogP contribution in [0, 0.1) is 25.7 Å². The van der Waals surface area contributed by atoms with E-state index in [1.165, 1.54) is 19.3 Å². The molecule has 5 atom stereocenters. The van der Waals surface area contributed by atoms with Crippen molar-refractivity contribution in [2.45, 2.75) is 65.0 Å². The summed E-state index contributed by atoms with van der Waals surface area (Å²) in [5.41, 5.74) is 1.91. The predicted molar refractivity (Wildman–Crippen MR) is 112 cm³/mol. The third kappa shape index (κ3) is 5.02. The van der Waals surface area contributed by atoms with Crippen LogP contribution < -0.4 is 10.1 Å². The zero-order valence-corrected chi connectivity index (χ0v) is 17.4. The number of anilines is 1. The number of rotatable bonds is 6. The predicted octanol–water partition coefficient (Wildman–Crippen LogP) is 2.90. The summed E-state index contributed by atoms with van der Waals surface area (Å²) in [7, 11) is 2.19. The van der Waals surface area contributed by atoms with Gasteiger partial charge >= 0.3 is 0 Å². The number of aliphatic hydroxyl groups excluding tert-OH is 1. The summed E-state index contributed by atoms with van der Waals surface area (Å²) in [5, 5.41) is 8.16. The highest BCUT2D eigenvalue weighted by Crippen LogP contribution is 2.45. The van der Waals surface area contributed by atoms with Crippen LogP contribution in [0.5, 0.6) is 5.88 Å². The molecule has 1 unspecified atom stereocenters. The van der Waals surface area contributed by atoms with Crippen LogP contribution in [0.25, 0.3) is 0 Å². The number of hydrogen-bond donors (Lipinski definition) is 3. The second kappa shape index (κ2) is 9.98. The summed E-state index contributed by atoms with van der Waals surface area (Å²) in [5.74, 6) is 2.60. The van der Waals surface area contributed by atoms with Crippen molar-refractivity contribution in [1.29, 1.82) is 2.77 Å². The summed E-state index contributed by atoms with van der Waals surface area (Å²) < 4.78 is 19.6. The lowest BCUT2D eigenvalue weighted by Gasteiger charge is -2.35. The van der Waals surface area contributed by atoms with E-state index in [-0.39, 0.29) is 12.3 Å². The number of aromatic nitrogens is 2. The highest BCUT2D eigenvalue weighted by molar-refractivity contribution is 8.20. The number of hydrogen-bond acceptors (Lipinski definition) is 6. The van der Waals surface area contributed by atoms with Gasteiger partial charge in [-0.15, -0.1) is 0 Å². The third-order valence-electron chi connectivity index (χ3n) is 5.04. The first-order chi connectivity index (χ1) is 12.9. The van der Waals surface area contributed by atoms with Crippen LogP contribution in [0.3, 0.4) is 0 Å². The molecular formula is C17H31BN3O2PS. The lowest BCUT2D eigenvalue weighted by atomic mass is 9.96. The second-order valence-corrected chi connectivity index (χ2v) is 8.02. The van der Waals surface area contributed by atoms with Crippen molar-refractivity contribution in [3.63, 3.8) is 0 Å². The number of nitrogens with one attached hydrogen (secondary N) is 1. The molecule has 2 heterocycles. The molecule has 2 N–H and O–H groups in total. The number of fused-ring (bicyclic) bond motifs is 2. The number of aliphatic hydroxyl groups is 1. The molecule has 0 amide bonds. The van der Waals surface area contributed by atoms with Gasteiger partial charge in [0.2, 0.25) is 13.6 Å². The first-order valence-electron chi connectivity index (χ1n) is 10.1. The monoisotopic (exact) mass is 386 g/mol. The van der Waals surface area contributed by atoms with Gasteiger partial charge in [-0.1, -0.05) is 13.3 Å². The van der Waals surface area contributed by atoms with Gasteiger partial charge in [-0.05, 0) is 52.7 Å². The second-order valence-electron chi connectivity index (χ2n) is 6.83. The highest BCUT2D eigenvalue weighted by Gasteiger charge is 2.47. The van der Waals surface area contributed by atoms with Gasteiger partial charge in [0.1, 0.15) is 17.6 Å². The van der Waals surface area contributed by atoms with E-state index in [4.69, 9.17) is 7.50 Å². The molecule has 0 spiro atoms. The van der Waals surface area contributed by atoms with Crippen molar-refractivity contribution in [1.82, 2.24) is 9.97 Å². The van der Waals surface area contributed by atoms with E-state index in [1.54, 1.807) is 0 Å². The Balaban J connectivity index is 0.000000596. The minimum Gasteiger partial charge on any atom is -0.470 e. The maximum atomic E-state index is 6.85. The summed E-state index contributed by atoms with van der Waals surface area (Å²) in [6.45, 7) is 6.65. The number of thiol groups is 1. The number of nitrogens with zero attached hydrogens (tertiary/aromatic N) is 2. The maximum Gasteiger partial charge on any atom is 0.241 e. The van der Waals surface area contributed by atoms with Gasteiger partial charge in [0, 0.05) is 6.61 Å². The average Bonchev–Trinajstić information content (AvgIpc) is 2.90. The molecule has 1 aliphatic carbocycles. The molecule has 8 heteroatoms. The van der Waals surface area contributed by atoms with E-state index in [0.717, 1.165) is 30.0 Å². The van der Waals surface area contributed by atoms with Gasteiger partial charge in [0.05, 0.1) is 11.7 Å². The van der Waals surface area contributed by atoms with Gasteiger partial charge in [-0.2, -0.15) is 14.1 Å². The summed E-state index contributed by atoms with van der Waals surface area (Å²) in [6, 6.07) is 0.315. The summed E-state index contributed by atoms with van der Waals surface area (Å²) in [4.78, 5) is 8.95. The van der Waals surface area contributed by atoms with Crippen molar-refractivity contribution in [3.05, 3.63) is 11.5 Å². The van der Waals surface area contributed by atoms with E-state index >= 15 is 0 Å². The van der Waals surface area contributed by atoms with Gasteiger partial charge in [-0.3, -0.25) is 0 Å². The zero-order valence-electron chi connectivity index (χ0n) is 17.4. The van der Waals surface area contributed by atoms with Crippen LogP contribution in [0.1, 0.15) is 50.5 Å². The molecule has 5 nitrogen and oxygen atoms in total. The lowest BCUT2D eigenvalue weighted by molar-refractivity contribution is 0.125. The van der Waals surface area contributed by atoms with Gasteiger partial charge in [0.25, 0.3) is 0 Å². The van der Waals surface area contributed by atoms with E-state index in [1.807, 2.05) is 13.8 Å². The van der Waals surface area contributed by atoms with Crippen LogP contribution in [0.2, 0.25) is 0 Å². The average molecular weight is 386 g/mol. The molecule has 0 saturated heterocycles. The minimum absolute atomic E-state index is 0.193. The normalized spacial score (nSPS) is 27.6. The maximum absolute atomic E-state index is 6.85. The van der Waals surface area contributed by atoms with Crippen molar-refractivity contribution in [2.24, 2.45) is 11.8 Å². The molecule has 2 aliphatic rings. The minimum atomic E-state index is -0.306. The number of aryl methyl sites for hydroxylation is 2. The molecule has 140 valence electrons. The first kappa shape index (κ1) is 17.9. The van der Waals surface area contributed by atoms with E-state index < -0.39 is 0 Å². The fourth-order valence-electron chi connectivity index (χ4n) is 4.12. The van der Waals surface area contributed by atoms with Crippen LogP contribution in [0.15, 0.2) is 0 Å². The Morgan fingerprint density at radius 2 is 2.24 bits per heavy atom. The van der Waals surface area contributed by atoms with Gasteiger partial charge in [-0.25, -0.2) is 17.5 Å². The molecule has 1 aromatic heterocycles. The molecule has 3 rings (SSSR count). The lowest BCUT2D eigenvalue weighted by Crippen LogP contribution is -2.44. The molecule has 0 bridgehead atoms. The number of ether oxygens (including phenoxy) is 1. The fraction of sp³-hybridized carbons (Fsp3) is 0.765. The third-order valence-corrected chi connectivity index (χ3v) is 5.04. The SMILES string of the molecule is [2H]B(P)S.[3H]OCCC[C@H]1C[C@H](CCC)[C@H]2Oc3nc(C)nc(C)c3N[C@@H]12. The molecule has 1 fully saturated rings. The van der Waals surface area contributed by atoms with Gasteiger partial charge in [0.15, 0.2) is 0 Å². The summed E-state index contributed by atoms with van der Waals surface area (Å²) >= 11 is 3.60. The highest BCUT2D eigenvalue weighted by atomic mass is 32.1. The molecule has 0 aromatic carbocycles. The Morgan fingerprint density at radius 1 is 1.48 bits per heavy atom. The summed E-state index contributed by atoms with van der Waals surface area (Å²) in [6.07, 6.45) is 5.42. The topological polar surface area (TPSA) is 67.3 Å². The first-order valence-corrected chi connectivity index (χ1v) is 10.3. The van der Waals surface area contributed by atoms with Crippen LogP contribution in [0.4, 0.5) is 5.69 Å². The van der Waals surface area contributed by atoms with Crippen LogP contribution in [-0.2, 0) is 0 Å². The van der Waals surface area contributed by atoms with E-state index in [9.17, 15) is 0 Å². The molecule has 1 saturated carbocycles. The Bertz CT molecular complexity index is 615. The Hall–Kier alpha value is -0.515. The molecule has 0 radical (unpaired) electrons. The Morgan fingerprint density at radius 3 is 2.92 bits per heavy atom. The van der Waals surface area contributed by atoms with Crippen molar-refractivity contribution in [3.8, 4) is 5.88 Å². The van der Waals surface area contributed by atoms with E-state index in [0.29, 0.717) is 30.4 Å². The zero-order chi connectivity index (χ0) is 20.0. The molecular weight excluding hydrogens is 352 g/mol. The smallest absolute Gasteiger partial charge is 0.241 e. The Kier molecular flexibility index (Phi) is 7.14. The van der Waals surface area contributed by atoms with E-state index in [2.05, 4.69) is 48.9 Å². The van der Waals surface area contributed by atoms with Crippen molar-refractivity contribution in [2.75, 3.05) is 11.9 Å². The molecule has 1 aliphatic heterocycles. The van der Waals surface area contributed by atoms with Crippen LogP contribution in [-0.4, -0.2) is 42.8 Å². The van der Waals surface area contributed by atoms with Crippen molar-refractivity contribution < 1.29 is 9.85 Å². The Labute approximate surface area is 162 Å². The molecule has 25 heavy (non-hydrogen) atoms. The van der Waals surface area contributed by atoms with Crippen LogP contribution >= 0.6 is 21.6 Å². The fourth-order valence-corrected chi connectivity index (χ4v) is 4.12. The largest absolute Gasteiger partial charge is 0.470 e. The van der Waals surface area contributed by atoms with Crippen molar-refractivity contribution >= 4 is 33.5 Å². The molecule has 1 aromatic rings. The standard InChI is InChI=1S/C17H27N3O2.BH4PS/c1-4-6-13-9-12(7-5-8-21)15-16(13)22-17-14(20-15)10(2)18-11(3)19-17;2-1-3/h12-13,15-16,20-21H,4-9H2,1-3H3;1,3H,2H2/t12-,13-,15-,16+;/m0./s1/i21T;1D. The quantitative estimate of drug-likeness (QED) is 0.304.